The third-order valence-electron chi connectivity index (χ3n) is 5.20. The van der Waals surface area contributed by atoms with E-state index in [1.165, 1.54) is 19.4 Å². The first-order valence-electron chi connectivity index (χ1n) is 8.17. The van der Waals surface area contributed by atoms with E-state index in [9.17, 15) is 4.79 Å². The predicted molar refractivity (Wildman–Crippen MR) is 80.6 cm³/mol. The summed E-state index contributed by atoms with van der Waals surface area (Å²) >= 11 is 0. The molecule has 0 aromatic carbocycles. The van der Waals surface area contributed by atoms with Gasteiger partial charge in [0.15, 0.2) is 0 Å². The fourth-order valence-electron chi connectivity index (χ4n) is 3.94. The van der Waals surface area contributed by atoms with E-state index in [0.717, 1.165) is 30.3 Å². The topological polar surface area (TPSA) is 36.4 Å². The number of carbonyl (C=O) groups excluding carboxylic acids is 1. The lowest BCUT2D eigenvalue weighted by Gasteiger charge is -2.25. The zero-order valence-electron chi connectivity index (χ0n) is 12.7. The fourth-order valence-corrected chi connectivity index (χ4v) is 3.94. The van der Waals surface area contributed by atoms with E-state index < -0.39 is 0 Å². The van der Waals surface area contributed by atoms with Gasteiger partial charge in [0.2, 0.25) is 5.91 Å². The van der Waals surface area contributed by atoms with Crippen molar-refractivity contribution in [1.82, 2.24) is 14.8 Å². The molecule has 3 aliphatic rings. The van der Waals surface area contributed by atoms with Crippen LogP contribution in [0.2, 0.25) is 0 Å². The van der Waals surface area contributed by atoms with E-state index in [1.54, 1.807) is 0 Å². The third kappa shape index (κ3) is 2.57. The summed E-state index contributed by atoms with van der Waals surface area (Å²) in [4.78, 5) is 21.6. The highest BCUT2D eigenvalue weighted by molar-refractivity contribution is 5.80. The van der Waals surface area contributed by atoms with Gasteiger partial charge in [-0.3, -0.25) is 14.7 Å². The van der Waals surface area contributed by atoms with E-state index in [0.29, 0.717) is 31.0 Å². The summed E-state index contributed by atoms with van der Waals surface area (Å²) in [6.45, 7) is 5.06. The van der Waals surface area contributed by atoms with Crippen molar-refractivity contribution in [3.8, 4) is 0 Å². The number of amides is 1. The van der Waals surface area contributed by atoms with Crippen molar-refractivity contribution in [2.24, 2.45) is 5.92 Å². The molecule has 21 heavy (non-hydrogen) atoms. The summed E-state index contributed by atoms with van der Waals surface area (Å²) in [6, 6.07) is 6.95. The van der Waals surface area contributed by atoms with Crippen molar-refractivity contribution >= 4 is 5.91 Å². The van der Waals surface area contributed by atoms with Crippen LogP contribution in [0.5, 0.6) is 0 Å². The Balaban J connectivity index is 1.47. The van der Waals surface area contributed by atoms with Gasteiger partial charge in [0.05, 0.1) is 12.2 Å². The van der Waals surface area contributed by atoms with Crippen molar-refractivity contribution < 1.29 is 4.79 Å². The highest BCUT2D eigenvalue weighted by Gasteiger charge is 2.47. The Labute approximate surface area is 126 Å². The number of likely N-dealkylation sites (tertiary alicyclic amines) is 2. The lowest BCUT2D eigenvalue weighted by Crippen LogP contribution is -2.37. The van der Waals surface area contributed by atoms with Gasteiger partial charge in [-0.2, -0.15) is 0 Å². The Morgan fingerprint density at radius 3 is 2.86 bits per heavy atom. The Hall–Kier alpha value is -1.42. The van der Waals surface area contributed by atoms with E-state index in [2.05, 4.69) is 14.8 Å². The van der Waals surface area contributed by atoms with Crippen LogP contribution < -0.4 is 0 Å². The van der Waals surface area contributed by atoms with Gasteiger partial charge in [0.25, 0.3) is 0 Å². The van der Waals surface area contributed by atoms with E-state index in [-0.39, 0.29) is 0 Å². The Morgan fingerprint density at radius 1 is 1.24 bits per heavy atom. The molecule has 0 N–H and O–H groups in total. The molecule has 4 rings (SSSR count). The number of rotatable bonds is 4. The smallest absolute Gasteiger partial charge is 0.224 e. The molecule has 1 amide bonds. The summed E-state index contributed by atoms with van der Waals surface area (Å²) in [5, 5.41) is 0. The van der Waals surface area contributed by atoms with Crippen molar-refractivity contribution in [3.05, 3.63) is 29.6 Å². The van der Waals surface area contributed by atoms with Crippen molar-refractivity contribution in [2.45, 2.75) is 51.2 Å². The van der Waals surface area contributed by atoms with Crippen LogP contribution in [0.4, 0.5) is 0 Å². The second-order valence-electron chi connectivity index (χ2n) is 6.86. The molecule has 1 aromatic heterocycles. The lowest BCUT2D eigenvalue weighted by atomic mass is 10.1. The maximum Gasteiger partial charge on any atom is 0.224 e. The quantitative estimate of drug-likeness (QED) is 0.848. The van der Waals surface area contributed by atoms with Crippen LogP contribution in [-0.2, 0) is 11.3 Å². The first-order valence-corrected chi connectivity index (χ1v) is 8.17. The van der Waals surface area contributed by atoms with Crippen LogP contribution in [0.3, 0.4) is 0 Å². The molecule has 0 bridgehead atoms. The molecular weight excluding hydrogens is 262 g/mol. The van der Waals surface area contributed by atoms with Crippen LogP contribution >= 0.6 is 0 Å². The van der Waals surface area contributed by atoms with E-state index >= 15 is 0 Å². The molecule has 4 heteroatoms. The monoisotopic (exact) mass is 285 g/mol. The zero-order chi connectivity index (χ0) is 14.4. The number of fused-ring (bicyclic) bond motifs is 1. The number of aryl methyl sites for hydroxylation is 1. The second kappa shape index (κ2) is 5.09. The number of aromatic nitrogens is 1. The second-order valence-corrected chi connectivity index (χ2v) is 6.86. The molecule has 3 heterocycles. The Morgan fingerprint density at radius 2 is 2.10 bits per heavy atom. The van der Waals surface area contributed by atoms with Crippen LogP contribution in [0, 0.1) is 12.8 Å². The van der Waals surface area contributed by atoms with Crippen LogP contribution in [-0.4, -0.2) is 45.9 Å². The van der Waals surface area contributed by atoms with Gasteiger partial charge in [-0.05, 0) is 44.2 Å². The molecule has 112 valence electrons. The van der Waals surface area contributed by atoms with Crippen molar-refractivity contribution in [2.75, 3.05) is 13.1 Å². The molecule has 2 saturated heterocycles. The summed E-state index contributed by atoms with van der Waals surface area (Å²) in [5.41, 5.74) is 2.04. The maximum absolute atomic E-state index is 12.4. The lowest BCUT2D eigenvalue weighted by molar-refractivity contribution is -0.129. The first-order chi connectivity index (χ1) is 10.2. The highest BCUT2D eigenvalue weighted by atomic mass is 16.2. The number of nitrogens with zero attached hydrogens (tertiary/aromatic N) is 3. The van der Waals surface area contributed by atoms with Gasteiger partial charge in [-0.1, -0.05) is 6.07 Å². The van der Waals surface area contributed by atoms with Crippen molar-refractivity contribution in [1.29, 1.82) is 0 Å². The molecular formula is C17H23N3O. The molecule has 0 unspecified atom stereocenters. The largest absolute Gasteiger partial charge is 0.332 e. The highest BCUT2D eigenvalue weighted by Crippen LogP contribution is 2.37. The van der Waals surface area contributed by atoms with Gasteiger partial charge in [0.1, 0.15) is 0 Å². The minimum absolute atomic E-state index is 0.314. The molecule has 1 saturated carbocycles. The minimum atomic E-state index is 0.314. The zero-order valence-corrected chi connectivity index (χ0v) is 12.7. The van der Waals surface area contributed by atoms with Gasteiger partial charge in [-0.25, -0.2) is 0 Å². The SMILES string of the molecule is Cc1cccc(CN2C(=O)C[C@@H]3[C@@H]2CCN3CC2CC2)n1. The van der Waals surface area contributed by atoms with Crippen LogP contribution in [0.15, 0.2) is 18.2 Å². The van der Waals surface area contributed by atoms with E-state index in [4.69, 9.17) is 0 Å². The molecule has 3 fully saturated rings. The number of pyridine rings is 1. The molecule has 1 aliphatic carbocycles. The first kappa shape index (κ1) is 13.3. The third-order valence-corrected chi connectivity index (χ3v) is 5.20. The molecule has 1 aromatic rings. The summed E-state index contributed by atoms with van der Waals surface area (Å²) < 4.78 is 0. The van der Waals surface area contributed by atoms with Gasteiger partial charge in [0, 0.05) is 37.3 Å². The predicted octanol–water partition coefficient (Wildman–Crippen LogP) is 1.98. The van der Waals surface area contributed by atoms with E-state index in [1.807, 2.05) is 25.1 Å². The van der Waals surface area contributed by atoms with Crippen LogP contribution in [0.25, 0.3) is 0 Å². The molecule has 0 spiro atoms. The fraction of sp³-hybridized carbons (Fsp3) is 0.647. The standard InChI is InChI=1S/C17H23N3O/c1-12-3-2-4-14(18-12)11-20-15-7-8-19(10-13-5-6-13)16(15)9-17(20)21/h2-4,13,15-16H,5-11H2,1H3/t15-,16+/m0/s1. The van der Waals surface area contributed by atoms with Crippen molar-refractivity contribution in [3.63, 3.8) is 0 Å². The summed E-state index contributed by atoms with van der Waals surface area (Å²) in [6.07, 6.45) is 4.62. The average Bonchev–Trinajstić information content (AvgIpc) is 3.12. The minimum Gasteiger partial charge on any atom is -0.332 e. The number of carbonyl (C=O) groups is 1. The number of hydrogen-bond donors (Lipinski definition) is 0. The number of hydrogen-bond acceptors (Lipinski definition) is 3. The summed E-state index contributed by atoms with van der Waals surface area (Å²) in [7, 11) is 0. The van der Waals surface area contributed by atoms with Gasteiger partial charge < -0.3 is 4.90 Å². The molecule has 2 aliphatic heterocycles. The Bertz CT molecular complexity index is 555. The molecule has 0 radical (unpaired) electrons. The van der Waals surface area contributed by atoms with Gasteiger partial charge in [-0.15, -0.1) is 0 Å². The van der Waals surface area contributed by atoms with Gasteiger partial charge >= 0.3 is 0 Å². The normalized spacial score (nSPS) is 29.2. The Kier molecular flexibility index (Phi) is 3.21. The maximum atomic E-state index is 12.4. The molecule has 4 nitrogen and oxygen atoms in total. The van der Waals surface area contributed by atoms with Crippen LogP contribution in [0.1, 0.15) is 37.1 Å². The summed E-state index contributed by atoms with van der Waals surface area (Å²) in [5.74, 6) is 1.22. The average molecular weight is 285 g/mol. The molecule has 2 atom stereocenters.